The first-order chi connectivity index (χ1) is 11.4. The van der Waals surface area contributed by atoms with Crippen molar-refractivity contribution < 1.29 is 13.9 Å². The molecule has 1 saturated heterocycles. The number of nitriles is 1. The predicted molar refractivity (Wildman–Crippen MR) is 89.2 cm³/mol. The molecule has 0 bridgehead atoms. The fraction of sp³-hybridized carbons (Fsp3) is 0.333. The maximum absolute atomic E-state index is 10.9. The van der Waals surface area contributed by atoms with Gasteiger partial charge in [0.05, 0.1) is 24.4 Å². The maximum Gasteiger partial charge on any atom is 0.167 e. The van der Waals surface area contributed by atoms with Crippen molar-refractivity contribution >= 4 is 16.8 Å². The molecule has 3 rings (SSSR count). The molecule has 1 aromatic carbocycles. The molecule has 126 valence electrons. The quantitative estimate of drug-likeness (QED) is 0.417. The summed E-state index contributed by atoms with van der Waals surface area (Å²) in [6.07, 6.45) is 3.62. The van der Waals surface area contributed by atoms with Crippen molar-refractivity contribution in [2.24, 2.45) is 0 Å². The van der Waals surface area contributed by atoms with Crippen LogP contribution >= 0.6 is 0 Å². The molecule has 0 saturated carbocycles. The summed E-state index contributed by atoms with van der Waals surface area (Å²) < 4.78 is 21.6. The number of hydrogen-bond donors (Lipinski definition) is 3. The van der Waals surface area contributed by atoms with Gasteiger partial charge in [0, 0.05) is 30.4 Å². The number of phenolic OH excluding ortho intramolecular Hbond substituents is 1. The molecule has 8 nitrogen and oxygen atoms in total. The molecule has 9 heteroatoms. The first-order valence-electron chi connectivity index (χ1n) is 7.25. The van der Waals surface area contributed by atoms with Gasteiger partial charge in [-0.15, -0.1) is 0 Å². The molecule has 4 N–H and O–H groups in total. The highest BCUT2D eigenvalue weighted by molar-refractivity contribution is 7.79. The average molecular weight is 347 g/mol. The third kappa shape index (κ3) is 2.87. The van der Waals surface area contributed by atoms with Crippen molar-refractivity contribution in [3.63, 3.8) is 0 Å². The van der Waals surface area contributed by atoms with Crippen molar-refractivity contribution in [3.8, 4) is 22.9 Å². The second-order valence-electron chi connectivity index (χ2n) is 5.91. The molecule has 1 atom stereocenters. The number of nitrogens with two attached hydrogens (primary N) is 1. The molecule has 1 unspecified atom stereocenters. The molecule has 2 heterocycles. The predicted octanol–water partition coefficient (Wildman–Crippen LogP) is 0.942. The normalized spacial score (nSPS) is 17.8. The highest BCUT2D eigenvalue weighted by atomic mass is 32.2. The van der Waals surface area contributed by atoms with Crippen LogP contribution in [0.4, 0.5) is 5.69 Å². The SMILES string of the molecule is N#CCC1(n2cc(-c3cccc(N)c3O)cn2)CN(CS(=O)O)C1. The zero-order chi connectivity index (χ0) is 17.3. The number of likely N-dealkylation sites (tertiary alicyclic amines) is 1. The van der Waals surface area contributed by atoms with E-state index in [2.05, 4.69) is 11.2 Å². The summed E-state index contributed by atoms with van der Waals surface area (Å²) in [6.45, 7) is 0.938. The van der Waals surface area contributed by atoms with E-state index in [9.17, 15) is 9.32 Å². The Morgan fingerprint density at radius 3 is 2.88 bits per heavy atom. The van der Waals surface area contributed by atoms with Gasteiger partial charge in [-0.05, 0) is 6.07 Å². The Morgan fingerprint density at radius 1 is 1.46 bits per heavy atom. The van der Waals surface area contributed by atoms with Gasteiger partial charge < -0.3 is 15.4 Å². The molecule has 1 aliphatic heterocycles. The highest BCUT2D eigenvalue weighted by Gasteiger charge is 2.45. The molecule has 0 radical (unpaired) electrons. The van der Waals surface area contributed by atoms with Crippen molar-refractivity contribution in [2.45, 2.75) is 12.0 Å². The Balaban J connectivity index is 1.87. The molecule has 0 aliphatic carbocycles. The number of phenols is 1. The van der Waals surface area contributed by atoms with Crippen molar-refractivity contribution in [3.05, 3.63) is 30.6 Å². The van der Waals surface area contributed by atoms with Gasteiger partial charge in [0.1, 0.15) is 17.2 Å². The topological polar surface area (TPSA) is 128 Å². The van der Waals surface area contributed by atoms with Crippen LogP contribution in [-0.2, 0) is 16.6 Å². The number of hydrogen-bond acceptors (Lipinski definition) is 6. The van der Waals surface area contributed by atoms with Crippen LogP contribution in [0.1, 0.15) is 6.42 Å². The van der Waals surface area contributed by atoms with E-state index in [0.717, 1.165) is 0 Å². The Bertz CT molecular complexity index is 823. The zero-order valence-corrected chi connectivity index (χ0v) is 13.6. The van der Waals surface area contributed by atoms with E-state index in [4.69, 9.17) is 15.5 Å². The van der Waals surface area contributed by atoms with E-state index in [0.29, 0.717) is 24.2 Å². The molecule has 1 aromatic heterocycles. The summed E-state index contributed by atoms with van der Waals surface area (Å²) in [4.78, 5) is 1.80. The minimum Gasteiger partial charge on any atom is -0.505 e. The number of anilines is 1. The summed E-state index contributed by atoms with van der Waals surface area (Å²) in [6, 6.07) is 7.25. The van der Waals surface area contributed by atoms with Gasteiger partial charge in [0.25, 0.3) is 0 Å². The molecule has 0 spiro atoms. The summed E-state index contributed by atoms with van der Waals surface area (Å²) in [7, 11) is 0. The van der Waals surface area contributed by atoms with Crippen LogP contribution in [0.2, 0.25) is 0 Å². The van der Waals surface area contributed by atoms with Crippen LogP contribution in [-0.4, -0.2) is 47.5 Å². The lowest BCUT2D eigenvalue weighted by Gasteiger charge is -2.48. The summed E-state index contributed by atoms with van der Waals surface area (Å²) in [5, 5.41) is 23.6. The first-order valence-corrected chi connectivity index (χ1v) is 8.52. The van der Waals surface area contributed by atoms with Gasteiger partial charge in [-0.1, -0.05) is 12.1 Å². The molecule has 1 aliphatic rings. The lowest BCUT2D eigenvalue weighted by molar-refractivity contribution is 0.0195. The van der Waals surface area contributed by atoms with Crippen molar-refractivity contribution in [1.29, 1.82) is 5.26 Å². The standard InChI is InChI=1S/C15H17N5O3S/c16-5-4-15(8-19(9-15)10-24(22)23)20-7-11(6-18-20)12-2-1-3-13(17)14(12)21/h1-3,6-7,21H,4,8-10,17H2,(H,22,23). The van der Waals surface area contributed by atoms with E-state index in [1.165, 1.54) is 0 Å². The lowest BCUT2D eigenvalue weighted by atomic mass is 9.87. The number of nitrogens with zero attached hydrogens (tertiary/aromatic N) is 4. The van der Waals surface area contributed by atoms with Crippen molar-refractivity contribution in [2.75, 3.05) is 24.7 Å². The Hall–Kier alpha value is -2.41. The molecular weight excluding hydrogens is 330 g/mol. The third-order valence-corrected chi connectivity index (χ3v) is 4.77. The van der Waals surface area contributed by atoms with Gasteiger partial charge in [-0.2, -0.15) is 10.4 Å². The van der Waals surface area contributed by atoms with Gasteiger partial charge in [-0.25, -0.2) is 4.21 Å². The second-order valence-corrected chi connectivity index (χ2v) is 6.82. The number of rotatable bonds is 5. The van der Waals surface area contributed by atoms with Gasteiger partial charge >= 0.3 is 0 Å². The monoisotopic (exact) mass is 347 g/mol. The van der Waals surface area contributed by atoms with E-state index in [-0.39, 0.29) is 23.7 Å². The fourth-order valence-electron chi connectivity index (χ4n) is 3.03. The fourth-order valence-corrected chi connectivity index (χ4v) is 3.53. The Morgan fingerprint density at radius 2 is 2.21 bits per heavy atom. The smallest absolute Gasteiger partial charge is 0.167 e. The van der Waals surface area contributed by atoms with Gasteiger partial charge in [0.2, 0.25) is 0 Å². The minimum atomic E-state index is -1.90. The third-order valence-electron chi connectivity index (χ3n) is 4.18. The largest absolute Gasteiger partial charge is 0.505 e. The molecule has 2 aromatic rings. The average Bonchev–Trinajstić information content (AvgIpc) is 2.97. The molecule has 1 fully saturated rings. The number of nitrogen functional groups attached to an aromatic ring is 1. The van der Waals surface area contributed by atoms with Gasteiger partial charge in [0.15, 0.2) is 11.1 Å². The zero-order valence-electron chi connectivity index (χ0n) is 12.8. The van der Waals surface area contributed by atoms with Gasteiger partial charge in [-0.3, -0.25) is 9.58 Å². The maximum atomic E-state index is 10.9. The Labute approximate surface area is 141 Å². The number of para-hydroxylation sites is 1. The number of aromatic nitrogens is 2. The van der Waals surface area contributed by atoms with Crippen LogP contribution in [0.25, 0.3) is 11.1 Å². The lowest BCUT2D eigenvalue weighted by Crippen LogP contribution is -2.63. The Kier molecular flexibility index (Phi) is 4.28. The molecule has 0 amide bonds. The van der Waals surface area contributed by atoms with Crippen LogP contribution in [0, 0.1) is 11.3 Å². The van der Waals surface area contributed by atoms with Crippen LogP contribution in [0.3, 0.4) is 0 Å². The molecule has 24 heavy (non-hydrogen) atoms. The van der Waals surface area contributed by atoms with E-state index in [1.807, 2.05) is 0 Å². The van der Waals surface area contributed by atoms with E-state index in [1.54, 1.807) is 40.2 Å². The van der Waals surface area contributed by atoms with Crippen LogP contribution in [0.5, 0.6) is 5.75 Å². The minimum absolute atomic E-state index is 0.00250. The first kappa shape index (κ1) is 16.4. The van der Waals surface area contributed by atoms with E-state index < -0.39 is 16.6 Å². The van der Waals surface area contributed by atoms with Crippen LogP contribution in [0.15, 0.2) is 30.6 Å². The number of benzene rings is 1. The second kappa shape index (κ2) is 6.24. The highest BCUT2D eigenvalue weighted by Crippen LogP contribution is 2.36. The van der Waals surface area contributed by atoms with Crippen molar-refractivity contribution in [1.82, 2.24) is 14.7 Å². The number of aromatic hydroxyl groups is 1. The van der Waals surface area contributed by atoms with E-state index >= 15 is 0 Å². The summed E-state index contributed by atoms with van der Waals surface area (Å²) >= 11 is -1.90. The molecular formula is C15H17N5O3S. The summed E-state index contributed by atoms with van der Waals surface area (Å²) in [5.41, 5.74) is 6.75. The van der Waals surface area contributed by atoms with Crippen LogP contribution < -0.4 is 5.73 Å². The summed E-state index contributed by atoms with van der Waals surface area (Å²) in [5.74, 6) is 0.0504.